The summed E-state index contributed by atoms with van der Waals surface area (Å²) in [5, 5.41) is 0. The van der Waals surface area contributed by atoms with E-state index in [1.807, 2.05) is 0 Å². The van der Waals surface area contributed by atoms with Gasteiger partial charge in [-0.3, -0.25) is 0 Å². The van der Waals surface area contributed by atoms with Crippen molar-refractivity contribution in [1.29, 1.82) is 0 Å². The van der Waals surface area contributed by atoms with Crippen LogP contribution >= 0.6 is 0 Å². The van der Waals surface area contributed by atoms with Crippen LogP contribution in [0.1, 0.15) is 56.9 Å². The Morgan fingerprint density at radius 1 is 1.06 bits per heavy atom. The second-order valence-corrected chi connectivity index (χ2v) is 4.46. The number of allylic oxidation sites excluding steroid dienone is 1. The number of rotatable bonds is 8. The normalized spacial score (nSPS) is 12.3. The molecule has 0 radical (unpaired) electrons. The summed E-state index contributed by atoms with van der Waals surface area (Å²) < 4.78 is 0. The van der Waals surface area contributed by atoms with Crippen molar-refractivity contribution in [3.63, 3.8) is 0 Å². The molecule has 88 valence electrons. The Balaban J connectivity index is 2.30. The molecule has 1 rings (SSSR count). The standard InChI is InChI=1S/C16H24/c1-3-5-6-7-9-12-15(4-2)16-13-10-8-11-14-16/h4,8,10-11,13-15H,2-3,5-7,9,12H2,1H3. The van der Waals surface area contributed by atoms with Gasteiger partial charge in [0.25, 0.3) is 0 Å². The molecule has 0 heterocycles. The topological polar surface area (TPSA) is 0 Å². The molecule has 0 heteroatoms. The lowest BCUT2D eigenvalue weighted by Crippen LogP contribution is -1.94. The van der Waals surface area contributed by atoms with Crippen molar-refractivity contribution in [3.05, 3.63) is 48.6 Å². The van der Waals surface area contributed by atoms with E-state index in [4.69, 9.17) is 0 Å². The number of hydrogen-bond donors (Lipinski definition) is 0. The van der Waals surface area contributed by atoms with Gasteiger partial charge in [0.15, 0.2) is 0 Å². The molecule has 1 aromatic rings. The molecule has 0 aliphatic rings. The largest absolute Gasteiger partial charge is 0.102 e. The minimum Gasteiger partial charge on any atom is -0.102 e. The summed E-state index contributed by atoms with van der Waals surface area (Å²) in [6.45, 7) is 6.21. The summed E-state index contributed by atoms with van der Waals surface area (Å²) in [7, 11) is 0. The first kappa shape index (κ1) is 13.0. The van der Waals surface area contributed by atoms with E-state index in [9.17, 15) is 0 Å². The van der Waals surface area contributed by atoms with E-state index in [-0.39, 0.29) is 0 Å². The van der Waals surface area contributed by atoms with Crippen LogP contribution in [0.4, 0.5) is 0 Å². The van der Waals surface area contributed by atoms with Crippen LogP contribution in [-0.4, -0.2) is 0 Å². The van der Waals surface area contributed by atoms with E-state index in [1.54, 1.807) is 0 Å². The molecule has 0 aromatic heterocycles. The first-order valence-electron chi connectivity index (χ1n) is 6.56. The molecule has 0 N–H and O–H groups in total. The summed E-state index contributed by atoms with van der Waals surface area (Å²) in [5.41, 5.74) is 1.41. The average Bonchev–Trinajstić information content (AvgIpc) is 2.35. The molecule has 0 aliphatic heterocycles. The Bertz CT molecular complexity index is 273. The molecular formula is C16H24. The first-order chi connectivity index (χ1) is 7.88. The van der Waals surface area contributed by atoms with Gasteiger partial charge < -0.3 is 0 Å². The molecule has 16 heavy (non-hydrogen) atoms. The molecule has 1 unspecified atom stereocenters. The van der Waals surface area contributed by atoms with Gasteiger partial charge in [0.05, 0.1) is 0 Å². The van der Waals surface area contributed by atoms with Crippen molar-refractivity contribution in [2.24, 2.45) is 0 Å². The zero-order valence-corrected chi connectivity index (χ0v) is 10.5. The van der Waals surface area contributed by atoms with Crippen LogP contribution in [0.15, 0.2) is 43.0 Å². The van der Waals surface area contributed by atoms with Gasteiger partial charge in [0.1, 0.15) is 0 Å². The van der Waals surface area contributed by atoms with Crippen molar-refractivity contribution in [2.75, 3.05) is 0 Å². The Morgan fingerprint density at radius 3 is 2.38 bits per heavy atom. The lowest BCUT2D eigenvalue weighted by molar-refractivity contribution is 0.586. The van der Waals surface area contributed by atoms with E-state index in [1.165, 1.54) is 44.1 Å². The van der Waals surface area contributed by atoms with Gasteiger partial charge in [-0.15, -0.1) is 6.58 Å². The van der Waals surface area contributed by atoms with Crippen LogP contribution in [0, 0.1) is 0 Å². The molecule has 0 bridgehead atoms. The highest BCUT2D eigenvalue weighted by molar-refractivity contribution is 5.22. The van der Waals surface area contributed by atoms with E-state index in [0.29, 0.717) is 5.92 Å². The third kappa shape index (κ3) is 4.65. The molecular weight excluding hydrogens is 192 g/mol. The highest BCUT2D eigenvalue weighted by Gasteiger charge is 2.05. The highest BCUT2D eigenvalue weighted by Crippen LogP contribution is 2.23. The maximum atomic E-state index is 3.95. The van der Waals surface area contributed by atoms with E-state index in [0.717, 1.165) is 0 Å². The summed E-state index contributed by atoms with van der Waals surface area (Å²) in [6, 6.07) is 10.7. The monoisotopic (exact) mass is 216 g/mol. The van der Waals surface area contributed by atoms with Gasteiger partial charge in [-0.25, -0.2) is 0 Å². The first-order valence-corrected chi connectivity index (χ1v) is 6.56. The lowest BCUT2D eigenvalue weighted by atomic mass is 9.93. The predicted molar refractivity (Wildman–Crippen MR) is 72.8 cm³/mol. The summed E-state index contributed by atoms with van der Waals surface area (Å²) in [4.78, 5) is 0. The quantitative estimate of drug-likeness (QED) is 0.407. The second kappa shape index (κ2) is 8.15. The van der Waals surface area contributed by atoms with Gasteiger partial charge in [0, 0.05) is 5.92 Å². The van der Waals surface area contributed by atoms with E-state index < -0.39 is 0 Å². The molecule has 0 saturated carbocycles. The molecule has 0 spiro atoms. The molecule has 0 nitrogen and oxygen atoms in total. The van der Waals surface area contributed by atoms with Gasteiger partial charge in [-0.1, -0.05) is 75.4 Å². The molecule has 0 aliphatic carbocycles. The van der Waals surface area contributed by atoms with Crippen molar-refractivity contribution < 1.29 is 0 Å². The molecule has 0 saturated heterocycles. The molecule has 0 fully saturated rings. The SMILES string of the molecule is C=CC(CCCCCCC)c1ccccc1. The van der Waals surface area contributed by atoms with Gasteiger partial charge >= 0.3 is 0 Å². The predicted octanol–water partition coefficient (Wildman–Crippen LogP) is 5.32. The fourth-order valence-electron chi connectivity index (χ4n) is 2.09. The lowest BCUT2D eigenvalue weighted by Gasteiger charge is -2.12. The van der Waals surface area contributed by atoms with Crippen molar-refractivity contribution in [2.45, 2.75) is 51.4 Å². The van der Waals surface area contributed by atoms with Gasteiger partial charge in [-0.05, 0) is 12.0 Å². The number of benzene rings is 1. The minimum atomic E-state index is 0.544. The number of unbranched alkanes of at least 4 members (excludes halogenated alkanes) is 4. The van der Waals surface area contributed by atoms with Crippen LogP contribution in [0.3, 0.4) is 0 Å². The highest BCUT2D eigenvalue weighted by atomic mass is 14.1. The van der Waals surface area contributed by atoms with Crippen LogP contribution in [0.25, 0.3) is 0 Å². The molecule has 1 aromatic carbocycles. The zero-order valence-electron chi connectivity index (χ0n) is 10.5. The fourth-order valence-corrected chi connectivity index (χ4v) is 2.09. The van der Waals surface area contributed by atoms with Crippen LogP contribution < -0.4 is 0 Å². The summed E-state index contributed by atoms with van der Waals surface area (Å²) in [5.74, 6) is 0.544. The summed E-state index contributed by atoms with van der Waals surface area (Å²) in [6.07, 6.45) is 10.1. The Labute approximate surface area is 100 Å². The zero-order chi connectivity index (χ0) is 11.6. The third-order valence-corrected chi connectivity index (χ3v) is 3.13. The van der Waals surface area contributed by atoms with Crippen molar-refractivity contribution in [1.82, 2.24) is 0 Å². The smallest absolute Gasteiger partial charge is 0.00152 e. The minimum absolute atomic E-state index is 0.544. The molecule has 0 amide bonds. The average molecular weight is 216 g/mol. The molecule has 1 atom stereocenters. The van der Waals surface area contributed by atoms with Crippen molar-refractivity contribution in [3.8, 4) is 0 Å². The maximum Gasteiger partial charge on any atom is 0.00152 e. The second-order valence-electron chi connectivity index (χ2n) is 4.46. The van der Waals surface area contributed by atoms with Gasteiger partial charge in [0.2, 0.25) is 0 Å². The van der Waals surface area contributed by atoms with E-state index >= 15 is 0 Å². The Kier molecular flexibility index (Phi) is 6.64. The van der Waals surface area contributed by atoms with E-state index in [2.05, 4.69) is 49.9 Å². The van der Waals surface area contributed by atoms with Crippen LogP contribution in [0.5, 0.6) is 0 Å². The third-order valence-electron chi connectivity index (χ3n) is 3.13. The van der Waals surface area contributed by atoms with Gasteiger partial charge in [-0.2, -0.15) is 0 Å². The maximum absolute atomic E-state index is 3.95. The fraction of sp³-hybridized carbons (Fsp3) is 0.500. The van der Waals surface area contributed by atoms with Crippen LogP contribution in [0.2, 0.25) is 0 Å². The van der Waals surface area contributed by atoms with Crippen LogP contribution in [-0.2, 0) is 0 Å². The number of hydrogen-bond acceptors (Lipinski definition) is 0. The summed E-state index contributed by atoms with van der Waals surface area (Å²) >= 11 is 0. The van der Waals surface area contributed by atoms with Crippen molar-refractivity contribution >= 4 is 0 Å². The Hall–Kier alpha value is -1.04. The Morgan fingerprint density at radius 2 is 1.75 bits per heavy atom.